The van der Waals surface area contributed by atoms with Gasteiger partial charge in [-0.05, 0) is 53.6 Å². The third-order valence-electron chi connectivity index (χ3n) is 4.38. The first kappa shape index (κ1) is 22.5. The highest BCUT2D eigenvalue weighted by molar-refractivity contribution is 5.93. The summed E-state index contributed by atoms with van der Waals surface area (Å²) >= 11 is 0. The Kier molecular flexibility index (Phi) is 7.53. The highest BCUT2D eigenvalue weighted by Crippen LogP contribution is 2.25. The van der Waals surface area contributed by atoms with E-state index in [1.807, 2.05) is 0 Å². The van der Waals surface area contributed by atoms with E-state index in [-0.39, 0.29) is 23.8 Å². The average Bonchev–Trinajstić information content (AvgIpc) is 2.82. The number of methoxy groups -OCH3 is 2. The molecule has 1 amide bonds. The Labute approximate surface area is 184 Å². The molecule has 3 aromatic rings. The molecule has 0 aliphatic rings. The first-order valence-corrected chi connectivity index (χ1v) is 9.58. The minimum absolute atomic E-state index is 0.0560. The number of carbonyl (C=O) groups is 2. The zero-order valence-corrected chi connectivity index (χ0v) is 17.5. The van der Waals surface area contributed by atoms with Crippen molar-refractivity contribution in [2.45, 2.75) is 6.54 Å². The number of hydrogen-bond acceptors (Lipinski definition) is 6. The van der Waals surface area contributed by atoms with Crippen LogP contribution in [-0.2, 0) is 16.1 Å². The second-order valence-electron chi connectivity index (χ2n) is 6.56. The fourth-order valence-corrected chi connectivity index (χ4v) is 2.79. The van der Waals surface area contributed by atoms with E-state index in [2.05, 4.69) is 10.3 Å². The lowest BCUT2D eigenvalue weighted by Gasteiger charge is -2.09. The van der Waals surface area contributed by atoms with E-state index in [4.69, 9.17) is 14.2 Å². The summed E-state index contributed by atoms with van der Waals surface area (Å²) in [5.41, 5.74) is 1.45. The topological polar surface area (TPSA) is 86.8 Å². The lowest BCUT2D eigenvalue weighted by molar-refractivity contribution is -0.116. The van der Waals surface area contributed by atoms with Crippen LogP contribution in [0.1, 0.15) is 21.5 Å². The number of ether oxygens (including phenoxy) is 3. The van der Waals surface area contributed by atoms with Crippen molar-refractivity contribution in [1.82, 2.24) is 10.3 Å². The SMILES string of the molecule is COC(=O)c1cc(CNC(=O)/C=C/c2ccc(Oc3cccnc3)c(F)c2)ccc1OC. The molecule has 1 N–H and O–H groups in total. The van der Waals surface area contributed by atoms with Crippen LogP contribution in [-0.4, -0.2) is 31.1 Å². The summed E-state index contributed by atoms with van der Waals surface area (Å²) < 4.78 is 29.6. The number of aromatic nitrogens is 1. The summed E-state index contributed by atoms with van der Waals surface area (Å²) in [7, 11) is 2.73. The second-order valence-corrected chi connectivity index (χ2v) is 6.56. The van der Waals surface area contributed by atoms with Gasteiger partial charge in [0.25, 0.3) is 0 Å². The number of pyridine rings is 1. The van der Waals surface area contributed by atoms with Crippen molar-refractivity contribution in [2.75, 3.05) is 14.2 Å². The molecule has 0 radical (unpaired) electrons. The van der Waals surface area contributed by atoms with Gasteiger partial charge in [-0.3, -0.25) is 9.78 Å². The van der Waals surface area contributed by atoms with Gasteiger partial charge in [0.15, 0.2) is 11.6 Å². The second kappa shape index (κ2) is 10.7. The molecule has 3 rings (SSSR count). The van der Waals surface area contributed by atoms with Crippen LogP contribution in [0.15, 0.2) is 67.0 Å². The molecule has 0 fully saturated rings. The van der Waals surface area contributed by atoms with Crippen molar-refractivity contribution in [3.8, 4) is 17.2 Å². The van der Waals surface area contributed by atoms with E-state index in [0.717, 1.165) is 0 Å². The van der Waals surface area contributed by atoms with E-state index < -0.39 is 11.8 Å². The van der Waals surface area contributed by atoms with Crippen LogP contribution in [0.4, 0.5) is 4.39 Å². The van der Waals surface area contributed by atoms with Crippen LogP contribution in [0.3, 0.4) is 0 Å². The molecule has 0 bridgehead atoms. The Hall–Kier alpha value is -4.20. The number of nitrogens with one attached hydrogen (secondary N) is 1. The van der Waals surface area contributed by atoms with Gasteiger partial charge in [-0.15, -0.1) is 0 Å². The molecule has 0 aliphatic heterocycles. The predicted molar refractivity (Wildman–Crippen MR) is 116 cm³/mol. The number of amides is 1. The molecule has 8 heteroatoms. The van der Waals surface area contributed by atoms with E-state index >= 15 is 0 Å². The van der Waals surface area contributed by atoms with E-state index in [0.29, 0.717) is 22.6 Å². The van der Waals surface area contributed by atoms with Crippen LogP contribution >= 0.6 is 0 Å². The molecule has 0 atom stereocenters. The van der Waals surface area contributed by atoms with E-state index in [1.165, 1.54) is 44.7 Å². The minimum atomic E-state index is -0.565. The van der Waals surface area contributed by atoms with Crippen molar-refractivity contribution >= 4 is 18.0 Å². The minimum Gasteiger partial charge on any atom is -0.496 e. The number of carbonyl (C=O) groups excluding carboxylic acids is 2. The zero-order chi connectivity index (χ0) is 22.9. The number of benzene rings is 2. The molecule has 2 aromatic carbocycles. The van der Waals surface area contributed by atoms with Gasteiger partial charge in [0.1, 0.15) is 17.1 Å². The molecule has 7 nitrogen and oxygen atoms in total. The molecule has 1 aromatic heterocycles. The van der Waals surface area contributed by atoms with Crippen molar-refractivity contribution in [1.29, 1.82) is 0 Å². The van der Waals surface area contributed by atoms with Crippen LogP contribution in [0.2, 0.25) is 0 Å². The number of halogens is 1. The molecule has 0 unspecified atom stereocenters. The molecule has 1 heterocycles. The Bertz CT molecular complexity index is 1130. The van der Waals surface area contributed by atoms with E-state index in [9.17, 15) is 14.0 Å². The maximum absolute atomic E-state index is 14.3. The van der Waals surface area contributed by atoms with Crippen molar-refractivity contribution in [3.05, 3.63) is 89.5 Å². The van der Waals surface area contributed by atoms with Gasteiger partial charge in [-0.25, -0.2) is 9.18 Å². The first-order chi connectivity index (χ1) is 15.5. The smallest absolute Gasteiger partial charge is 0.341 e. The van der Waals surface area contributed by atoms with Gasteiger partial charge in [-0.2, -0.15) is 0 Å². The normalized spacial score (nSPS) is 10.6. The van der Waals surface area contributed by atoms with Gasteiger partial charge in [0.2, 0.25) is 5.91 Å². The quantitative estimate of drug-likeness (QED) is 0.422. The van der Waals surface area contributed by atoms with Crippen LogP contribution in [0.25, 0.3) is 6.08 Å². The van der Waals surface area contributed by atoms with Gasteiger partial charge in [0.05, 0.1) is 20.4 Å². The van der Waals surface area contributed by atoms with Crippen LogP contribution in [0.5, 0.6) is 17.2 Å². The van der Waals surface area contributed by atoms with Crippen molar-refractivity contribution in [2.24, 2.45) is 0 Å². The number of hydrogen-bond donors (Lipinski definition) is 1. The highest BCUT2D eigenvalue weighted by Gasteiger charge is 2.13. The van der Waals surface area contributed by atoms with Crippen molar-refractivity contribution < 1.29 is 28.2 Å². The van der Waals surface area contributed by atoms with Gasteiger partial charge >= 0.3 is 5.97 Å². The summed E-state index contributed by atoms with van der Waals surface area (Å²) in [5.74, 6) is -0.623. The van der Waals surface area contributed by atoms with Gasteiger partial charge in [0, 0.05) is 18.8 Å². The Balaban J connectivity index is 1.60. The molecule has 0 aliphatic carbocycles. The summed E-state index contributed by atoms with van der Waals surface area (Å²) in [5, 5.41) is 2.71. The third kappa shape index (κ3) is 5.91. The van der Waals surface area contributed by atoms with Crippen LogP contribution < -0.4 is 14.8 Å². The Morgan fingerprint density at radius 1 is 1.09 bits per heavy atom. The summed E-state index contributed by atoms with van der Waals surface area (Å²) in [6.45, 7) is 0.184. The lowest BCUT2D eigenvalue weighted by Crippen LogP contribution is -2.20. The zero-order valence-electron chi connectivity index (χ0n) is 17.5. The van der Waals surface area contributed by atoms with Gasteiger partial charge in [-0.1, -0.05) is 12.1 Å². The molecular formula is C24H21FN2O5. The highest BCUT2D eigenvalue weighted by atomic mass is 19.1. The lowest BCUT2D eigenvalue weighted by atomic mass is 10.1. The fourth-order valence-electron chi connectivity index (χ4n) is 2.79. The third-order valence-corrected chi connectivity index (χ3v) is 4.38. The summed E-state index contributed by atoms with van der Waals surface area (Å²) in [6.07, 6.45) is 5.85. The molecular weight excluding hydrogens is 415 g/mol. The fraction of sp³-hybridized carbons (Fsp3) is 0.125. The number of rotatable bonds is 8. The van der Waals surface area contributed by atoms with Crippen LogP contribution in [0, 0.1) is 5.82 Å². The molecule has 0 saturated carbocycles. The summed E-state index contributed by atoms with van der Waals surface area (Å²) in [6, 6.07) is 12.7. The van der Waals surface area contributed by atoms with Gasteiger partial charge < -0.3 is 19.5 Å². The predicted octanol–water partition coefficient (Wildman–Crippen LogP) is 4.14. The average molecular weight is 436 g/mol. The molecule has 0 spiro atoms. The standard InChI is InChI=1S/C24H21FN2O5/c1-30-21-8-6-17(12-19(21)24(29)31-2)14-27-23(28)10-7-16-5-9-22(20(25)13-16)32-18-4-3-11-26-15-18/h3-13,15H,14H2,1-2H3,(H,27,28)/b10-7+. The Morgan fingerprint density at radius 2 is 1.91 bits per heavy atom. The maximum Gasteiger partial charge on any atom is 0.341 e. The van der Waals surface area contributed by atoms with Crippen molar-refractivity contribution in [3.63, 3.8) is 0 Å². The molecule has 32 heavy (non-hydrogen) atoms. The molecule has 0 saturated heterocycles. The number of nitrogens with zero attached hydrogens (tertiary/aromatic N) is 1. The Morgan fingerprint density at radius 3 is 2.59 bits per heavy atom. The molecule has 164 valence electrons. The number of esters is 1. The summed E-state index contributed by atoms with van der Waals surface area (Å²) in [4.78, 5) is 27.9. The first-order valence-electron chi connectivity index (χ1n) is 9.58. The monoisotopic (exact) mass is 436 g/mol. The maximum atomic E-state index is 14.3. The largest absolute Gasteiger partial charge is 0.496 e. The van der Waals surface area contributed by atoms with E-state index in [1.54, 1.807) is 42.6 Å².